The molecule has 8 nitrogen and oxygen atoms in total. The van der Waals surface area contributed by atoms with Gasteiger partial charge in [0.1, 0.15) is 0 Å². The maximum atomic E-state index is 12.7. The third kappa shape index (κ3) is 3.22. The molecular weight excluding hydrogens is 362 g/mol. The van der Waals surface area contributed by atoms with E-state index in [0.29, 0.717) is 29.1 Å². The number of nitrogens with zero attached hydrogens (tertiary/aromatic N) is 4. The van der Waals surface area contributed by atoms with Gasteiger partial charge in [-0.05, 0) is 12.5 Å². The van der Waals surface area contributed by atoms with Crippen LogP contribution in [0.5, 0.6) is 5.88 Å². The van der Waals surface area contributed by atoms with Crippen LogP contribution in [0.1, 0.15) is 33.4 Å². The Labute approximate surface area is 160 Å². The zero-order chi connectivity index (χ0) is 19.7. The Morgan fingerprint density at radius 3 is 2.89 bits per heavy atom. The van der Waals surface area contributed by atoms with Gasteiger partial charge in [0, 0.05) is 12.0 Å². The van der Waals surface area contributed by atoms with Gasteiger partial charge in [0.15, 0.2) is 0 Å². The van der Waals surface area contributed by atoms with Crippen molar-refractivity contribution in [2.75, 3.05) is 12.6 Å². The van der Waals surface area contributed by atoms with E-state index < -0.39 is 6.86 Å². The fourth-order valence-corrected chi connectivity index (χ4v) is 3.40. The molecule has 1 atom stereocenters. The van der Waals surface area contributed by atoms with Crippen molar-refractivity contribution >= 4 is 11.9 Å². The number of nitrogen functional groups attached to an aromatic ring is 1. The van der Waals surface area contributed by atoms with Crippen LogP contribution in [0.3, 0.4) is 0 Å². The molecule has 0 bridgehead atoms. The van der Waals surface area contributed by atoms with Crippen molar-refractivity contribution in [3.63, 3.8) is 0 Å². The highest BCUT2D eigenvalue weighted by molar-refractivity contribution is 5.98. The highest BCUT2D eigenvalue weighted by atomic mass is 18.2. The van der Waals surface area contributed by atoms with E-state index in [1.165, 1.54) is 6.20 Å². The van der Waals surface area contributed by atoms with Crippen molar-refractivity contribution < 1.29 is 13.9 Å². The molecule has 1 aliphatic heterocycles. The SMILES string of the molecule is Cc1nc(N)nc2c1C(=O)NC(c1ccccc1-c1cncc(OC[18F])n1)C2. The van der Waals surface area contributed by atoms with E-state index in [1.807, 2.05) is 24.3 Å². The maximum absolute atomic E-state index is 12.7. The largest absolute Gasteiger partial charge is 0.445 e. The maximum Gasteiger partial charge on any atom is 0.255 e. The second-order valence-corrected chi connectivity index (χ2v) is 6.30. The van der Waals surface area contributed by atoms with Gasteiger partial charge in [0.05, 0.1) is 41.1 Å². The minimum absolute atomic E-state index is 0.0870. The van der Waals surface area contributed by atoms with E-state index >= 15 is 0 Å². The van der Waals surface area contributed by atoms with Gasteiger partial charge in [0.25, 0.3) is 5.91 Å². The molecule has 142 valence electrons. The quantitative estimate of drug-likeness (QED) is 0.713. The van der Waals surface area contributed by atoms with Crippen molar-refractivity contribution in [2.24, 2.45) is 0 Å². The van der Waals surface area contributed by atoms with Crippen LogP contribution in [-0.4, -0.2) is 32.7 Å². The summed E-state index contributed by atoms with van der Waals surface area (Å²) in [5, 5.41) is 3.00. The monoisotopic (exact) mass is 379 g/mol. The van der Waals surface area contributed by atoms with E-state index in [0.717, 1.165) is 11.1 Å². The number of nitrogens with one attached hydrogen (secondary N) is 1. The number of hydrogen-bond donors (Lipinski definition) is 2. The van der Waals surface area contributed by atoms with E-state index in [9.17, 15) is 9.18 Å². The van der Waals surface area contributed by atoms with Gasteiger partial charge < -0.3 is 15.8 Å². The molecule has 1 amide bonds. The van der Waals surface area contributed by atoms with Crippen LogP contribution in [0.4, 0.5) is 10.3 Å². The van der Waals surface area contributed by atoms with E-state index in [-0.39, 0.29) is 23.8 Å². The molecule has 9 heteroatoms. The number of nitrogens with two attached hydrogens (primary N) is 1. The molecule has 1 aromatic carbocycles. The lowest BCUT2D eigenvalue weighted by atomic mass is 9.90. The van der Waals surface area contributed by atoms with Crippen molar-refractivity contribution in [3.05, 3.63) is 59.2 Å². The smallest absolute Gasteiger partial charge is 0.255 e. The molecule has 3 N–H and O–H groups in total. The van der Waals surface area contributed by atoms with Crippen LogP contribution in [-0.2, 0) is 6.42 Å². The van der Waals surface area contributed by atoms with Gasteiger partial charge in [0.2, 0.25) is 18.7 Å². The molecule has 0 spiro atoms. The molecule has 0 saturated heterocycles. The average molecular weight is 379 g/mol. The van der Waals surface area contributed by atoms with Crippen LogP contribution >= 0.6 is 0 Å². The lowest BCUT2D eigenvalue weighted by molar-refractivity contribution is 0.0922. The summed E-state index contributed by atoms with van der Waals surface area (Å²) in [6.45, 7) is 0.742. The second-order valence-electron chi connectivity index (χ2n) is 6.30. The lowest BCUT2D eigenvalue weighted by Crippen LogP contribution is -2.37. The van der Waals surface area contributed by atoms with Crippen molar-refractivity contribution in [3.8, 4) is 17.1 Å². The first-order valence-electron chi connectivity index (χ1n) is 8.60. The Hall–Kier alpha value is -3.62. The molecule has 3 aromatic rings. The fraction of sp³-hybridized carbons (Fsp3) is 0.211. The molecule has 0 aliphatic carbocycles. The summed E-state index contributed by atoms with van der Waals surface area (Å²) < 4.78 is 17.3. The first-order valence-corrected chi connectivity index (χ1v) is 8.60. The van der Waals surface area contributed by atoms with Gasteiger partial charge in [-0.25, -0.2) is 19.3 Å². The van der Waals surface area contributed by atoms with Crippen LogP contribution in [0.2, 0.25) is 0 Å². The number of fused-ring (bicyclic) bond motifs is 1. The number of aromatic nitrogens is 4. The van der Waals surface area contributed by atoms with Crippen LogP contribution in [0, 0.1) is 6.92 Å². The number of aryl methyl sites for hydroxylation is 1. The minimum Gasteiger partial charge on any atom is -0.445 e. The number of carbonyl (C=O) groups is 1. The van der Waals surface area contributed by atoms with Crippen molar-refractivity contribution in [1.29, 1.82) is 0 Å². The second kappa shape index (κ2) is 7.18. The van der Waals surface area contributed by atoms with Crippen molar-refractivity contribution in [2.45, 2.75) is 19.4 Å². The number of rotatable bonds is 4. The molecule has 4 rings (SSSR count). The van der Waals surface area contributed by atoms with E-state index in [4.69, 9.17) is 10.5 Å². The third-order valence-electron chi connectivity index (χ3n) is 4.54. The molecule has 3 heterocycles. The van der Waals surface area contributed by atoms with E-state index in [2.05, 4.69) is 25.3 Å². The zero-order valence-electron chi connectivity index (χ0n) is 15.0. The lowest BCUT2D eigenvalue weighted by Gasteiger charge is -2.27. The number of amides is 1. The summed E-state index contributed by atoms with van der Waals surface area (Å²) in [7, 11) is 0. The van der Waals surface area contributed by atoms with Gasteiger partial charge in [-0.1, -0.05) is 24.3 Å². The summed E-state index contributed by atoms with van der Waals surface area (Å²) in [4.78, 5) is 29.4. The van der Waals surface area contributed by atoms with Gasteiger partial charge in [-0.3, -0.25) is 9.78 Å². The molecule has 1 unspecified atom stereocenters. The molecule has 0 radical (unpaired) electrons. The van der Waals surface area contributed by atoms with Crippen LogP contribution < -0.4 is 15.8 Å². The summed E-state index contributed by atoms with van der Waals surface area (Å²) in [5.41, 5.74) is 9.48. The average Bonchev–Trinajstić information content (AvgIpc) is 2.67. The predicted octanol–water partition coefficient (Wildman–Crippen LogP) is 2.16. The molecule has 2 aromatic heterocycles. The molecule has 28 heavy (non-hydrogen) atoms. The topological polar surface area (TPSA) is 116 Å². The number of ether oxygens (including phenoxy) is 1. The Bertz CT molecular complexity index is 1060. The Balaban J connectivity index is 1.75. The predicted molar refractivity (Wildman–Crippen MR) is 99.2 cm³/mol. The van der Waals surface area contributed by atoms with Crippen molar-refractivity contribution in [1.82, 2.24) is 25.3 Å². The number of halogens is 1. The van der Waals surface area contributed by atoms with Crippen LogP contribution in [0.25, 0.3) is 11.3 Å². The summed E-state index contributed by atoms with van der Waals surface area (Å²) in [6.07, 6.45) is 3.36. The highest BCUT2D eigenvalue weighted by Crippen LogP contribution is 2.32. The number of benzene rings is 1. The number of anilines is 1. The molecule has 1 aliphatic rings. The summed E-state index contributed by atoms with van der Waals surface area (Å²) >= 11 is 0. The molecule has 0 saturated carbocycles. The zero-order valence-corrected chi connectivity index (χ0v) is 15.0. The first kappa shape index (κ1) is 17.8. The van der Waals surface area contributed by atoms with Gasteiger partial charge in [-0.2, -0.15) is 0 Å². The first-order chi connectivity index (χ1) is 13.6. The van der Waals surface area contributed by atoms with Gasteiger partial charge in [-0.15, -0.1) is 0 Å². The highest BCUT2D eigenvalue weighted by Gasteiger charge is 2.30. The normalized spacial score (nSPS) is 15.6. The molecule has 0 fully saturated rings. The minimum atomic E-state index is -0.990. The third-order valence-corrected chi connectivity index (χ3v) is 4.54. The number of hydrogen-bond acceptors (Lipinski definition) is 7. The number of alkyl halides is 1. The number of carbonyl (C=O) groups excluding carboxylic acids is 1. The van der Waals surface area contributed by atoms with E-state index in [1.54, 1.807) is 13.1 Å². The van der Waals surface area contributed by atoms with Crippen LogP contribution in [0.15, 0.2) is 36.7 Å². The Kier molecular flexibility index (Phi) is 4.56. The summed E-state index contributed by atoms with van der Waals surface area (Å²) in [6, 6.07) is 7.14. The van der Waals surface area contributed by atoms with Gasteiger partial charge >= 0.3 is 0 Å². The fourth-order valence-electron chi connectivity index (χ4n) is 3.40. The standard InChI is InChI=1S/C19H17FN6O2/c1-10-17-14(26-19(21)23-10)6-13(25-18(17)27)11-4-2-3-5-12(11)15-7-22-8-16(24-15)28-9-20/h2-5,7-8,13H,6,9H2,1H3,(H,25,27)(H2,21,23,26)/i20-1. The summed E-state index contributed by atoms with van der Waals surface area (Å²) in [5.74, 6) is -0.0250. The molecular formula is C19H17FN6O2. The Morgan fingerprint density at radius 2 is 2.07 bits per heavy atom. The Morgan fingerprint density at radius 1 is 1.25 bits per heavy atom.